The number of nitrogens with zero attached hydrogens (tertiary/aromatic N) is 1. The van der Waals surface area contributed by atoms with E-state index in [1.807, 2.05) is 0 Å². The second-order valence-electron chi connectivity index (χ2n) is 2.60. The van der Waals surface area contributed by atoms with Crippen molar-refractivity contribution in [3.63, 3.8) is 0 Å². The van der Waals surface area contributed by atoms with Crippen LogP contribution in [0, 0.1) is 0 Å². The van der Waals surface area contributed by atoms with Crippen molar-refractivity contribution in [2.75, 3.05) is 26.3 Å². The standard InChI is InChI=1S/C7H10FNO3/c8-2-1-3-9-4-6(10)12-7(11)5-9/h1-5H2. The summed E-state index contributed by atoms with van der Waals surface area (Å²) in [4.78, 5) is 22.9. The van der Waals surface area contributed by atoms with Crippen LogP contribution in [0.1, 0.15) is 6.42 Å². The minimum absolute atomic E-state index is 0.0890. The maximum absolute atomic E-state index is 11.7. The van der Waals surface area contributed by atoms with Gasteiger partial charge in [0.15, 0.2) is 0 Å². The van der Waals surface area contributed by atoms with Crippen molar-refractivity contribution in [3.8, 4) is 0 Å². The number of hydrogen-bond donors (Lipinski definition) is 0. The lowest BCUT2D eigenvalue weighted by atomic mass is 10.3. The predicted octanol–water partition coefficient (Wildman–Crippen LogP) is -0.269. The summed E-state index contributed by atoms with van der Waals surface area (Å²) in [5.74, 6) is -1.10. The van der Waals surface area contributed by atoms with Crippen molar-refractivity contribution >= 4 is 11.9 Å². The number of morpholine rings is 1. The fourth-order valence-corrected chi connectivity index (χ4v) is 1.05. The van der Waals surface area contributed by atoms with Gasteiger partial charge in [-0.25, -0.2) is 0 Å². The smallest absolute Gasteiger partial charge is 0.327 e. The van der Waals surface area contributed by atoms with Gasteiger partial charge in [0.2, 0.25) is 0 Å². The van der Waals surface area contributed by atoms with E-state index in [1.54, 1.807) is 4.90 Å². The Balaban J connectivity index is 2.34. The number of cyclic esters (lactones) is 2. The molecule has 0 aliphatic carbocycles. The average molecular weight is 175 g/mol. The third-order valence-electron chi connectivity index (χ3n) is 1.54. The molecule has 0 spiro atoms. The second-order valence-corrected chi connectivity index (χ2v) is 2.60. The van der Waals surface area contributed by atoms with Crippen molar-refractivity contribution in [1.82, 2.24) is 4.90 Å². The third-order valence-corrected chi connectivity index (χ3v) is 1.54. The highest BCUT2D eigenvalue weighted by atomic mass is 19.1. The number of alkyl halides is 1. The highest BCUT2D eigenvalue weighted by Crippen LogP contribution is 2.00. The van der Waals surface area contributed by atoms with Gasteiger partial charge < -0.3 is 4.74 Å². The minimum atomic E-state index is -0.551. The van der Waals surface area contributed by atoms with Crippen molar-refractivity contribution in [2.24, 2.45) is 0 Å². The van der Waals surface area contributed by atoms with E-state index in [0.717, 1.165) is 0 Å². The van der Waals surface area contributed by atoms with Gasteiger partial charge in [-0.15, -0.1) is 0 Å². The van der Waals surface area contributed by atoms with Gasteiger partial charge in [0.25, 0.3) is 0 Å². The first kappa shape index (κ1) is 9.12. The Labute approximate surface area is 69.3 Å². The van der Waals surface area contributed by atoms with Crippen LogP contribution in [0.5, 0.6) is 0 Å². The third kappa shape index (κ3) is 2.58. The van der Waals surface area contributed by atoms with Crippen molar-refractivity contribution in [2.45, 2.75) is 6.42 Å². The summed E-state index contributed by atoms with van der Waals surface area (Å²) in [6, 6.07) is 0. The Morgan fingerprint density at radius 2 is 1.92 bits per heavy atom. The maximum Gasteiger partial charge on any atom is 0.327 e. The maximum atomic E-state index is 11.7. The number of halogens is 1. The number of carbonyl (C=O) groups excluding carboxylic acids is 2. The molecule has 5 heteroatoms. The Kier molecular flexibility index (Phi) is 3.16. The Hall–Kier alpha value is -0.970. The van der Waals surface area contributed by atoms with E-state index in [0.29, 0.717) is 13.0 Å². The minimum Gasteiger partial charge on any atom is -0.391 e. The fourth-order valence-electron chi connectivity index (χ4n) is 1.05. The van der Waals surface area contributed by atoms with Gasteiger partial charge in [0, 0.05) is 6.54 Å². The first-order valence-corrected chi connectivity index (χ1v) is 3.74. The Bertz CT molecular complexity index is 179. The predicted molar refractivity (Wildman–Crippen MR) is 38.1 cm³/mol. The van der Waals surface area contributed by atoms with Gasteiger partial charge in [-0.3, -0.25) is 18.9 Å². The van der Waals surface area contributed by atoms with Crippen LogP contribution in [0.25, 0.3) is 0 Å². The van der Waals surface area contributed by atoms with Crippen LogP contribution in [0.2, 0.25) is 0 Å². The normalized spacial score (nSPS) is 19.4. The molecule has 0 saturated carbocycles. The molecule has 0 aromatic heterocycles. The molecule has 1 heterocycles. The van der Waals surface area contributed by atoms with E-state index >= 15 is 0 Å². The molecule has 1 rings (SSSR count). The molecule has 0 aromatic carbocycles. The molecule has 0 aromatic rings. The highest BCUT2D eigenvalue weighted by Gasteiger charge is 2.23. The number of rotatable bonds is 3. The zero-order chi connectivity index (χ0) is 8.97. The molecular weight excluding hydrogens is 165 g/mol. The van der Waals surface area contributed by atoms with Gasteiger partial charge >= 0.3 is 11.9 Å². The van der Waals surface area contributed by atoms with E-state index in [4.69, 9.17) is 0 Å². The average Bonchev–Trinajstić information content (AvgIpc) is 1.99. The van der Waals surface area contributed by atoms with Crippen molar-refractivity contribution < 1.29 is 18.7 Å². The van der Waals surface area contributed by atoms with E-state index in [1.165, 1.54) is 0 Å². The van der Waals surface area contributed by atoms with E-state index < -0.39 is 18.6 Å². The van der Waals surface area contributed by atoms with Crippen LogP contribution in [0.15, 0.2) is 0 Å². The lowest BCUT2D eigenvalue weighted by molar-refractivity contribution is -0.166. The van der Waals surface area contributed by atoms with E-state index in [2.05, 4.69) is 4.74 Å². The summed E-state index contributed by atoms with van der Waals surface area (Å²) in [6.07, 6.45) is 0.348. The van der Waals surface area contributed by atoms with E-state index in [-0.39, 0.29) is 13.1 Å². The van der Waals surface area contributed by atoms with Gasteiger partial charge in [0.05, 0.1) is 19.8 Å². The largest absolute Gasteiger partial charge is 0.391 e. The summed E-state index contributed by atoms with van der Waals surface area (Å²) < 4.78 is 16.0. The quantitative estimate of drug-likeness (QED) is 0.437. The zero-order valence-corrected chi connectivity index (χ0v) is 6.59. The SMILES string of the molecule is O=C1CN(CCCF)CC(=O)O1. The molecule has 4 nitrogen and oxygen atoms in total. The summed E-state index contributed by atoms with van der Waals surface area (Å²) in [7, 11) is 0. The number of hydrogen-bond acceptors (Lipinski definition) is 4. The van der Waals surface area contributed by atoms with E-state index in [9.17, 15) is 14.0 Å². The van der Waals surface area contributed by atoms with Crippen LogP contribution in [0.4, 0.5) is 4.39 Å². The fraction of sp³-hybridized carbons (Fsp3) is 0.714. The first-order chi connectivity index (χ1) is 5.72. The van der Waals surface area contributed by atoms with Crippen molar-refractivity contribution in [1.29, 1.82) is 0 Å². The first-order valence-electron chi connectivity index (χ1n) is 3.74. The summed E-state index contributed by atoms with van der Waals surface area (Å²) >= 11 is 0. The molecule has 1 aliphatic heterocycles. The van der Waals surface area contributed by atoms with Gasteiger partial charge in [-0.2, -0.15) is 0 Å². The van der Waals surface area contributed by atoms with Gasteiger partial charge in [-0.1, -0.05) is 0 Å². The number of carbonyl (C=O) groups is 2. The molecule has 0 amide bonds. The zero-order valence-electron chi connectivity index (χ0n) is 6.59. The molecule has 1 aliphatic rings. The molecule has 1 fully saturated rings. The molecule has 0 N–H and O–H groups in total. The molecular formula is C7H10FNO3. The van der Waals surface area contributed by atoms with Crippen LogP contribution < -0.4 is 0 Å². The molecule has 68 valence electrons. The van der Waals surface area contributed by atoms with Crippen LogP contribution >= 0.6 is 0 Å². The summed E-state index contributed by atoms with van der Waals surface area (Å²) in [5.41, 5.74) is 0. The molecule has 12 heavy (non-hydrogen) atoms. The molecule has 0 bridgehead atoms. The van der Waals surface area contributed by atoms with Crippen LogP contribution in [-0.2, 0) is 14.3 Å². The second kappa shape index (κ2) is 4.15. The molecule has 1 saturated heterocycles. The molecule has 0 unspecified atom stereocenters. The van der Waals surface area contributed by atoms with Crippen LogP contribution in [-0.4, -0.2) is 43.1 Å². The van der Waals surface area contributed by atoms with Gasteiger partial charge in [0.1, 0.15) is 0 Å². The Morgan fingerprint density at radius 3 is 2.42 bits per heavy atom. The topological polar surface area (TPSA) is 46.6 Å². The van der Waals surface area contributed by atoms with Crippen LogP contribution in [0.3, 0.4) is 0 Å². The van der Waals surface area contributed by atoms with Gasteiger partial charge in [-0.05, 0) is 6.42 Å². The molecule has 0 radical (unpaired) electrons. The lowest BCUT2D eigenvalue weighted by Crippen LogP contribution is -2.43. The molecule has 0 atom stereocenters. The van der Waals surface area contributed by atoms with Crippen molar-refractivity contribution in [3.05, 3.63) is 0 Å². The summed E-state index contributed by atoms with van der Waals surface area (Å²) in [5, 5.41) is 0. The lowest BCUT2D eigenvalue weighted by Gasteiger charge is -2.23. The number of ether oxygens (including phenoxy) is 1. The number of esters is 2. The monoisotopic (exact) mass is 175 g/mol. The summed E-state index contributed by atoms with van der Waals surface area (Å²) in [6.45, 7) is 0.175. The highest BCUT2D eigenvalue weighted by molar-refractivity contribution is 5.90. The Morgan fingerprint density at radius 1 is 1.33 bits per heavy atom.